The van der Waals surface area contributed by atoms with Gasteiger partial charge in [0, 0.05) is 11.9 Å². The molecule has 0 unspecified atom stereocenters. The van der Waals surface area contributed by atoms with Gasteiger partial charge in [-0.15, -0.1) is 0 Å². The number of halogens is 1. The Morgan fingerprint density at radius 3 is 2.47 bits per heavy atom. The minimum atomic E-state index is -0.564. The van der Waals surface area contributed by atoms with Crippen molar-refractivity contribution < 1.29 is 19.1 Å². The van der Waals surface area contributed by atoms with E-state index in [4.69, 9.17) is 9.47 Å². The molecule has 6 heteroatoms. The normalized spacial score (nSPS) is 23.3. The Kier molecular flexibility index (Phi) is 5.64. The number of rotatable bonds is 3. The van der Waals surface area contributed by atoms with E-state index in [2.05, 4.69) is 15.9 Å². The Bertz CT molecular complexity index is 340. The molecule has 0 aromatic carbocycles. The van der Waals surface area contributed by atoms with Crippen LogP contribution in [0.3, 0.4) is 0 Å². The summed E-state index contributed by atoms with van der Waals surface area (Å²) in [6.07, 6.45) is 1.12. The predicted octanol–water partition coefficient (Wildman–Crippen LogP) is 2.57. The topological polar surface area (TPSA) is 55.8 Å². The minimum absolute atomic E-state index is 0.302. The van der Waals surface area contributed by atoms with Crippen molar-refractivity contribution in [3.05, 3.63) is 0 Å². The zero-order valence-corrected chi connectivity index (χ0v) is 13.5. The smallest absolute Gasteiger partial charge is 0.411 e. The molecule has 1 aliphatic heterocycles. The highest BCUT2D eigenvalue weighted by Gasteiger charge is 2.41. The average molecular weight is 336 g/mol. The number of hydrogen-bond acceptors (Lipinski definition) is 4. The molecule has 5 nitrogen and oxygen atoms in total. The Morgan fingerprint density at radius 2 is 2.00 bits per heavy atom. The van der Waals surface area contributed by atoms with E-state index < -0.39 is 17.7 Å². The molecule has 0 saturated carbocycles. The monoisotopic (exact) mass is 335 g/mol. The van der Waals surface area contributed by atoms with Crippen LogP contribution in [0.25, 0.3) is 0 Å². The second kappa shape index (κ2) is 6.59. The van der Waals surface area contributed by atoms with Gasteiger partial charge in [0.1, 0.15) is 11.6 Å². The van der Waals surface area contributed by atoms with Gasteiger partial charge >= 0.3 is 12.1 Å². The molecule has 0 spiro atoms. The van der Waals surface area contributed by atoms with Gasteiger partial charge in [-0.25, -0.2) is 9.59 Å². The van der Waals surface area contributed by atoms with Gasteiger partial charge in [0.15, 0.2) is 0 Å². The molecule has 0 aliphatic carbocycles. The number of carbonyl (C=O) groups excluding carboxylic acids is 2. The van der Waals surface area contributed by atoms with E-state index >= 15 is 0 Å². The van der Waals surface area contributed by atoms with Crippen molar-refractivity contribution in [1.29, 1.82) is 0 Å². The molecule has 1 rings (SSSR count). The number of nitrogens with zero attached hydrogens (tertiary/aromatic N) is 1. The van der Waals surface area contributed by atoms with Gasteiger partial charge in [-0.3, -0.25) is 4.90 Å². The fourth-order valence-electron chi connectivity index (χ4n) is 2.17. The third kappa shape index (κ3) is 4.67. The van der Waals surface area contributed by atoms with Crippen LogP contribution in [0.1, 0.15) is 33.6 Å². The van der Waals surface area contributed by atoms with Crippen LogP contribution in [0.4, 0.5) is 4.79 Å². The van der Waals surface area contributed by atoms with Gasteiger partial charge in [0.25, 0.3) is 0 Å². The van der Waals surface area contributed by atoms with E-state index in [1.165, 1.54) is 12.0 Å². The molecule has 1 heterocycles. The quantitative estimate of drug-likeness (QED) is 0.587. The number of methoxy groups -OCH3 is 1. The van der Waals surface area contributed by atoms with Gasteiger partial charge in [-0.05, 0) is 39.5 Å². The number of amides is 1. The summed E-state index contributed by atoms with van der Waals surface area (Å²) in [5.41, 5.74) is -0.564. The number of alkyl halides is 1. The molecule has 1 amide bonds. The highest BCUT2D eigenvalue weighted by Crippen LogP contribution is 2.28. The summed E-state index contributed by atoms with van der Waals surface area (Å²) in [5, 5.41) is 0.855. The van der Waals surface area contributed by atoms with Crippen LogP contribution in [-0.2, 0) is 14.3 Å². The molecule has 110 valence electrons. The van der Waals surface area contributed by atoms with Crippen LogP contribution < -0.4 is 0 Å². The molecule has 2 atom stereocenters. The maximum absolute atomic E-state index is 12.1. The molecular weight excluding hydrogens is 314 g/mol. The van der Waals surface area contributed by atoms with Crippen molar-refractivity contribution in [2.24, 2.45) is 5.92 Å². The zero-order chi connectivity index (χ0) is 14.6. The average Bonchev–Trinajstić information content (AvgIpc) is 2.70. The molecular formula is C13H22BrNO4. The largest absolute Gasteiger partial charge is 0.467 e. The van der Waals surface area contributed by atoms with Crippen LogP contribution in [0.5, 0.6) is 0 Å². The molecule has 0 aromatic heterocycles. The Morgan fingerprint density at radius 1 is 1.37 bits per heavy atom. The number of likely N-dealkylation sites (tertiary alicyclic amines) is 1. The Hall–Kier alpha value is -0.780. The molecule has 0 bridgehead atoms. The number of hydrogen-bond donors (Lipinski definition) is 0. The van der Waals surface area contributed by atoms with Crippen molar-refractivity contribution in [3.8, 4) is 0 Å². The van der Waals surface area contributed by atoms with E-state index in [1.54, 1.807) is 0 Å². The first-order chi connectivity index (χ1) is 8.78. The maximum Gasteiger partial charge on any atom is 0.411 e. The SMILES string of the molecule is COC(=O)[C@H]1C[C@@H](CCBr)CN1C(=O)OC(C)(C)C. The third-order valence-electron chi connectivity index (χ3n) is 3.01. The summed E-state index contributed by atoms with van der Waals surface area (Å²) in [4.78, 5) is 25.4. The number of ether oxygens (including phenoxy) is 2. The molecule has 19 heavy (non-hydrogen) atoms. The van der Waals surface area contributed by atoms with E-state index in [9.17, 15) is 9.59 Å². The van der Waals surface area contributed by atoms with Crippen molar-refractivity contribution in [2.45, 2.75) is 45.3 Å². The van der Waals surface area contributed by atoms with Gasteiger partial charge in [0.05, 0.1) is 7.11 Å². The fraction of sp³-hybridized carbons (Fsp3) is 0.846. The lowest BCUT2D eigenvalue weighted by atomic mass is 10.0. The van der Waals surface area contributed by atoms with Crippen molar-refractivity contribution in [2.75, 3.05) is 19.0 Å². The third-order valence-corrected chi connectivity index (χ3v) is 3.46. The summed E-state index contributed by atoms with van der Waals surface area (Å²) < 4.78 is 10.1. The molecule has 1 saturated heterocycles. The van der Waals surface area contributed by atoms with Crippen molar-refractivity contribution in [1.82, 2.24) is 4.90 Å². The van der Waals surface area contributed by atoms with E-state index in [-0.39, 0.29) is 5.97 Å². The first kappa shape index (κ1) is 16.3. The van der Waals surface area contributed by atoms with E-state index in [0.29, 0.717) is 18.9 Å². The Balaban J connectivity index is 2.76. The summed E-state index contributed by atoms with van der Waals surface area (Å²) in [7, 11) is 1.34. The van der Waals surface area contributed by atoms with Gasteiger partial charge in [-0.2, -0.15) is 0 Å². The first-order valence-corrected chi connectivity index (χ1v) is 7.54. The summed E-state index contributed by atoms with van der Waals surface area (Å²) in [6.45, 7) is 5.97. The van der Waals surface area contributed by atoms with Crippen LogP contribution in [0.2, 0.25) is 0 Å². The van der Waals surface area contributed by atoms with E-state index in [0.717, 1.165) is 11.8 Å². The van der Waals surface area contributed by atoms with E-state index in [1.807, 2.05) is 20.8 Å². The molecule has 0 N–H and O–H groups in total. The standard InChI is InChI=1S/C13H22BrNO4/c1-13(2,3)19-12(17)15-8-9(5-6-14)7-10(15)11(16)18-4/h9-10H,5-8H2,1-4H3/t9-,10-/m1/s1. The maximum atomic E-state index is 12.1. The number of esters is 1. The first-order valence-electron chi connectivity index (χ1n) is 6.42. The van der Waals surface area contributed by atoms with Crippen molar-refractivity contribution >= 4 is 28.0 Å². The van der Waals surface area contributed by atoms with Crippen LogP contribution >= 0.6 is 15.9 Å². The minimum Gasteiger partial charge on any atom is -0.467 e. The highest BCUT2D eigenvalue weighted by molar-refractivity contribution is 9.09. The van der Waals surface area contributed by atoms with Crippen molar-refractivity contribution in [3.63, 3.8) is 0 Å². The second-order valence-electron chi connectivity index (χ2n) is 5.75. The highest BCUT2D eigenvalue weighted by atomic mass is 79.9. The lowest BCUT2D eigenvalue weighted by Crippen LogP contribution is -2.43. The molecule has 0 aromatic rings. The molecule has 0 radical (unpaired) electrons. The van der Waals surface area contributed by atoms with Gasteiger partial charge in [0.2, 0.25) is 0 Å². The van der Waals surface area contributed by atoms with Gasteiger partial charge in [-0.1, -0.05) is 15.9 Å². The zero-order valence-electron chi connectivity index (χ0n) is 11.9. The second-order valence-corrected chi connectivity index (χ2v) is 6.54. The Labute approximate surface area is 122 Å². The summed E-state index contributed by atoms with van der Waals surface area (Å²) in [6, 6.07) is -0.524. The lowest BCUT2D eigenvalue weighted by molar-refractivity contribution is -0.145. The molecule has 1 aliphatic rings. The fourth-order valence-corrected chi connectivity index (χ4v) is 2.82. The molecule has 1 fully saturated rings. The number of carbonyl (C=O) groups is 2. The van der Waals surface area contributed by atoms with Crippen LogP contribution in [-0.4, -0.2) is 47.6 Å². The van der Waals surface area contributed by atoms with Crippen LogP contribution in [0, 0.1) is 5.92 Å². The summed E-state index contributed by atoms with van der Waals surface area (Å²) >= 11 is 3.39. The summed E-state index contributed by atoms with van der Waals surface area (Å²) in [5.74, 6) is -0.0704. The van der Waals surface area contributed by atoms with Crippen LogP contribution in [0.15, 0.2) is 0 Å². The lowest BCUT2D eigenvalue weighted by Gasteiger charge is -2.27. The predicted molar refractivity (Wildman–Crippen MR) is 75.3 cm³/mol. The van der Waals surface area contributed by atoms with Gasteiger partial charge < -0.3 is 9.47 Å².